The van der Waals surface area contributed by atoms with E-state index in [4.69, 9.17) is 4.74 Å². The number of nitro benzene ring substituents is 1. The van der Waals surface area contributed by atoms with Gasteiger partial charge in [0.25, 0.3) is 11.6 Å². The normalized spacial score (nSPS) is 15.4. The van der Waals surface area contributed by atoms with Crippen molar-refractivity contribution >= 4 is 17.3 Å². The van der Waals surface area contributed by atoms with Crippen LogP contribution < -0.4 is 15.0 Å². The van der Waals surface area contributed by atoms with Gasteiger partial charge in [0.1, 0.15) is 5.75 Å². The number of carbonyl (C=O) groups excluding carboxylic acids is 1. The van der Waals surface area contributed by atoms with Gasteiger partial charge in [-0.25, -0.2) is 0 Å². The number of non-ortho nitro benzene ring substituents is 1. The van der Waals surface area contributed by atoms with Crippen molar-refractivity contribution < 1.29 is 14.5 Å². The summed E-state index contributed by atoms with van der Waals surface area (Å²) in [7, 11) is 0. The lowest BCUT2D eigenvalue weighted by Crippen LogP contribution is -2.34. The monoisotopic (exact) mass is 369 g/mol. The average Bonchev–Trinajstić information content (AvgIpc) is 2.69. The first-order valence-electron chi connectivity index (χ1n) is 9.11. The van der Waals surface area contributed by atoms with E-state index in [2.05, 4.69) is 5.32 Å². The van der Waals surface area contributed by atoms with Crippen LogP contribution in [0.1, 0.15) is 42.2 Å². The van der Waals surface area contributed by atoms with Crippen molar-refractivity contribution in [3.63, 3.8) is 0 Å². The van der Waals surface area contributed by atoms with Crippen molar-refractivity contribution in [3.8, 4) is 5.75 Å². The quantitative estimate of drug-likeness (QED) is 0.620. The molecule has 0 fully saturated rings. The second-order valence-electron chi connectivity index (χ2n) is 6.33. The van der Waals surface area contributed by atoms with Crippen molar-refractivity contribution in [2.24, 2.45) is 0 Å². The van der Waals surface area contributed by atoms with Gasteiger partial charge in [0.2, 0.25) is 0 Å². The summed E-state index contributed by atoms with van der Waals surface area (Å²) < 4.78 is 5.64. The molecule has 0 bridgehead atoms. The first-order valence-corrected chi connectivity index (χ1v) is 9.11. The fourth-order valence-electron chi connectivity index (χ4n) is 3.39. The molecule has 1 atom stereocenters. The molecule has 27 heavy (non-hydrogen) atoms. The fourth-order valence-corrected chi connectivity index (χ4v) is 3.39. The second-order valence-corrected chi connectivity index (χ2v) is 6.33. The van der Waals surface area contributed by atoms with Crippen LogP contribution in [0.3, 0.4) is 0 Å². The van der Waals surface area contributed by atoms with E-state index in [1.165, 1.54) is 12.1 Å². The summed E-state index contributed by atoms with van der Waals surface area (Å²) in [5, 5.41) is 14.2. The molecule has 1 heterocycles. The summed E-state index contributed by atoms with van der Waals surface area (Å²) >= 11 is 0. The van der Waals surface area contributed by atoms with Crippen LogP contribution in [0.25, 0.3) is 0 Å². The number of nitrogens with one attached hydrogen (secondary N) is 1. The molecule has 142 valence electrons. The number of amides is 1. The first-order chi connectivity index (χ1) is 13.0. The highest BCUT2D eigenvalue weighted by molar-refractivity contribution is 6.00. The summed E-state index contributed by atoms with van der Waals surface area (Å²) in [5.74, 6) is 0.444. The Labute approximate surface area is 158 Å². The Morgan fingerprint density at radius 1 is 1.26 bits per heavy atom. The predicted octanol–water partition coefficient (Wildman–Crippen LogP) is 3.69. The molecule has 1 amide bonds. The molecule has 2 aromatic rings. The topological polar surface area (TPSA) is 84.7 Å². The van der Waals surface area contributed by atoms with E-state index < -0.39 is 4.92 Å². The lowest BCUT2D eigenvalue weighted by atomic mass is 9.99. The zero-order chi connectivity index (χ0) is 19.4. The van der Waals surface area contributed by atoms with Crippen molar-refractivity contribution in [3.05, 3.63) is 63.7 Å². The smallest absolute Gasteiger partial charge is 0.270 e. The number of anilines is 1. The number of hydrogen-bond acceptors (Lipinski definition) is 5. The van der Waals surface area contributed by atoms with Crippen LogP contribution in [0.2, 0.25) is 0 Å². The van der Waals surface area contributed by atoms with Crippen molar-refractivity contribution in [1.29, 1.82) is 0 Å². The van der Waals surface area contributed by atoms with Gasteiger partial charge < -0.3 is 15.0 Å². The number of para-hydroxylation sites is 1. The SMILES string of the molecule is CCN(CC)c1ccc([N+](=O)[O-])cc1C(=O)N[C@H]1CCOc2ccccc21. The van der Waals surface area contributed by atoms with E-state index in [9.17, 15) is 14.9 Å². The minimum absolute atomic E-state index is 0.0940. The molecule has 3 rings (SSSR count). The molecule has 0 unspecified atom stereocenters. The summed E-state index contributed by atoms with van der Waals surface area (Å²) in [6.45, 7) is 5.89. The van der Waals surface area contributed by atoms with Crippen LogP contribution in [-0.2, 0) is 0 Å². The lowest BCUT2D eigenvalue weighted by molar-refractivity contribution is -0.384. The molecule has 1 N–H and O–H groups in total. The van der Waals surface area contributed by atoms with E-state index in [-0.39, 0.29) is 17.6 Å². The van der Waals surface area contributed by atoms with Gasteiger partial charge in [0.15, 0.2) is 0 Å². The summed E-state index contributed by atoms with van der Waals surface area (Å²) in [5.41, 5.74) is 1.84. The van der Waals surface area contributed by atoms with E-state index >= 15 is 0 Å². The maximum absolute atomic E-state index is 13.1. The molecule has 0 saturated heterocycles. The van der Waals surface area contributed by atoms with Crippen molar-refractivity contribution in [2.75, 3.05) is 24.6 Å². The summed E-state index contributed by atoms with van der Waals surface area (Å²) in [6, 6.07) is 11.9. The molecule has 1 aliphatic rings. The molecule has 0 saturated carbocycles. The van der Waals surface area contributed by atoms with Gasteiger partial charge in [-0.1, -0.05) is 18.2 Å². The van der Waals surface area contributed by atoms with E-state index in [0.29, 0.717) is 37.4 Å². The molecule has 0 spiro atoms. The van der Waals surface area contributed by atoms with Gasteiger partial charge in [0, 0.05) is 42.9 Å². The van der Waals surface area contributed by atoms with Crippen LogP contribution in [-0.4, -0.2) is 30.5 Å². The van der Waals surface area contributed by atoms with E-state index in [1.54, 1.807) is 6.07 Å². The fraction of sp³-hybridized carbons (Fsp3) is 0.350. The predicted molar refractivity (Wildman–Crippen MR) is 103 cm³/mol. The number of nitrogens with zero attached hydrogens (tertiary/aromatic N) is 2. The maximum atomic E-state index is 13.1. The number of fused-ring (bicyclic) bond motifs is 1. The molecule has 0 aromatic heterocycles. The highest BCUT2D eigenvalue weighted by Crippen LogP contribution is 2.33. The highest BCUT2D eigenvalue weighted by Gasteiger charge is 2.26. The van der Waals surface area contributed by atoms with Gasteiger partial charge >= 0.3 is 0 Å². The van der Waals surface area contributed by atoms with Gasteiger partial charge in [-0.15, -0.1) is 0 Å². The van der Waals surface area contributed by atoms with Crippen molar-refractivity contribution in [2.45, 2.75) is 26.3 Å². The molecule has 0 radical (unpaired) electrons. The Bertz CT molecular complexity index is 849. The molecule has 2 aromatic carbocycles. The Morgan fingerprint density at radius 2 is 2.00 bits per heavy atom. The second kappa shape index (κ2) is 8.07. The molecule has 1 aliphatic heterocycles. The minimum Gasteiger partial charge on any atom is -0.493 e. The Morgan fingerprint density at radius 3 is 2.70 bits per heavy atom. The van der Waals surface area contributed by atoms with E-state index in [0.717, 1.165) is 11.3 Å². The van der Waals surface area contributed by atoms with Crippen LogP contribution in [0.15, 0.2) is 42.5 Å². The minimum atomic E-state index is -0.480. The molecule has 7 nitrogen and oxygen atoms in total. The van der Waals surface area contributed by atoms with Gasteiger partial charge in [0.05, 0.1) is 23.1 Å². The zero-order valence-corrected chi connectivity index (χ0v) is 15.5. The van der Waals surface area contributed by atoms with Gasteiger partial charge in [-0.3, -0.25) is 14.9 Å². The number of hydrogen-bond donors (Lipinski definition) is 1. The Kier molecular flexibility index (Phi) is 5.59. The first kappa shape index (κ1) is 18.7. The highest BCUT2D eigenvalue weighted by atomic mass is 16.6. The van der Waals surface area contributed by atoms with E-state index in [1.807, 2.05) is 43.0 Å². The van der Waals surface area contributed by atoms with Crippen LogP contribution in [0.4, 0.5) is 11.4 Å². The zero-order valence-electron chi connectivity index (χ0n) is 15.5. The molecule has 0 aliphatic carbocycles. The Balaban J connectivity index is 1.94. The number of benzene rings is 2. The molecule has 7 heteroatoms. The number of nitro groups is 1. The Hall–Kier alpha value is -3.09. The average molecular weight is 369 g/mol. The number of rotatable bonds is 6. The number of carbonyl (C=O) groups is 1. The third-order valence-electron chi connectivity index (χ3n) is 4.80. The summed E-state index contributed by atoms with van der Waals surface area (Å²) in [4.78, 5) is 25.8. The third kappa shape index (κ3) is 3.86. The van der Waals surface area contributed by atoms with Gasteiger partial charge in [-0.05, 0) is 26.0 Å². The van der Waals surface area contributed by atoms with Crippen LogP contribution >= 0.6 is 0 Å². The van der Waals surface area contributed by atoms with Crippen LogP contribution in [0.5, 0.6) is 5.75 Å². The summed E-state index contributed by atoms with van der Waals surface area (Å²) in [6.07, 6.45) is 0.651. The van der Waals surface area contributed by atoms with Gasteiger partial charge in [-0.2, -0.15) is 0 Å². The lowest BCUT2D eigenvalue weighted by Gasteiger charge is -2.28. The molecular formula is C20H23N3O4. The number of ether oxygens (including phenoxy) is 1. The van der Waals surface area contributed by atoms with Crippen LogP contribution in [0, 0.1) is 10.1 Å². The largest absolute Gasteiger partial charge is 0.493 e. The third-order valence-corrected chi connectivity index (χ3v) is 4.80. The maximum Gasteiger partial charge on any atom is 0.270 e. The standard InChI is InChI=1S/C20H23N3O4/c1-3-22(4-2)18-10-9-14(23(25)26)13-16(18)20(24)21-17-11-12-27-19-8-6-5-7-15(17)19/h5-10,13,17H,3-4,11-12H2,1-2H3,(H,21,24)/t17-/m0/s1. The van der Waals surface area contributed by atoms with Crippen molar-refractivity contribution in [1.82, 2.24) is 5.32 Å². The molecular weight excluding hydrogens is 346 g/mol.